The van der Waals surface area contributed by atoms with E-state index in [1.807, 2.05) is 0 Å². The van der Waals surface area contributed by atoms with Crippen LogP contribution in [0.25, 0.3) is 21.9 Å². The number of rotatable bonds is 8. The SMILES string of the molecule is CCN(CC)CCOc1ccc2c(=O)c3c(OC)cc(OC)c(Br)c3oc2c1. The number of benzene rings is 2. The highest BCUT2D eigenvalue weighted by Gasteiger charge is 2.19. The fraction of sp³-hybridized carbons (Fsp3) is 0.381. The molecule has 3 aromatic rings. The van der Waals surface area contributed by atoms with Gasteiger partial charge in [-0.2, -0.15) is 0 Å². The van der Waals surface area contributed by atoms with Gasteiger partial charge in [0.15, 0.2) is 5.58 Å². The van der Waals surface area contributed by atoms with Crippen molar-refractivity contribution in [2.75, 3.05) is 40.5 Å². The Balaban J connectivity index is 2.05. The van der Waals surface area contributed by atoms with Crippen molar-refractivity contribution in [1.82, 2.24) is 4.90 Å². The van der Waals surface area contributed by atoms with Crippen LogP contribution < -0.4 is 19.6 Å². The quantitative estimate of drug-likeness (QED) is 0.473. The van der Waals surface area contributed by atoms with Crippen molar-refractivity contribution < 1.29 is 18.6 Å². The van der Waals surface area contributed by atoms with E-state index in [1.54, 1.807) is 31.4 Å². The lowest BCUT2D eigenvalue weighted by Crippen LogP contribution is -2.27. The molecule has 0 spiro atoms. The van der Waals surface area contributed by atoms with Gasteiger partial charge in [-0.25, -0.2) is 0 Å². The average molecular weight is 450 g/mol. The highest BCUT2D eigenvalue weighted by molar-refractivity contribution is 9.10. The highest BCUT2D eigenvalue weighted by Crippen LogP contribution is 2.39. The first-order chi connectivity index (χ1) is 13.5. The maximum absolute atomic E-state index is 13.1. The second-order valence-electron chi connectivity index (χ2n) is 6.26. The van der Waals surface area contributed by atoms with Crippen molar-refractivity contribution >= 4 is 37.9 Å². The fourth-order valence-corrected chi connectivity index (χ4v) is 3.71. The number of methoxy groups -OCH3 is 2. The van der Waals surface area contributed by atoms with E-state index < -0.39 is 0 Å². The zero-order valence-corrected chi connectivity index (χ0v) is 18.1. The number of hydrogen-bond donors (Lipinski definition) is 0. The molecule has 6 nitrogen and oxygen atoms in total. The van der Waals surface area contributed by atoms with Crippen LogP contribution in [0.2, 0.25) is 0 Å². The van der Waals surface area contributed by atoms with Crippen LogP contribution in [-0.2, 0) is 0 Å². The molecule has 0 unspecified atom stereocenters. The Labute approximate surface area is 172 Å². The van der Waals surface area contributed by atoms with Gasteiger partial charge < -0.3 is 23.5 Å². The summed E-state index contributed by atoms with van der Waals surface area (Å²) in [5, 5.41) is 0.844. The summed E-state index contributed by atoms with van der Waals surface area (Å²) in [6.07, 6.45) is 0. The molecule has 0 bridgehead atoms. The molecular formula is C21H24BrNO5. The predicted molar refractivity (Wildman–Crippen MR) is 114 cm³/mol. The van der Waals surface area contributed by atoms with Crippen LogP contribution in [0.15, 0.2) is 37.9 Å². The second-order valence-corrected chi connectivity index (χ2v) is 7.06. The Morgan fingerprint density at radius 2 is 1.79 bits per heavy atom. The van der Waals surface area contributed by atoms with Crippen molar-refractivity contribution in [2.24, 2.45) is 0 Å². The molecule has 0 fully saturated rings. The smallest absolute Gasteiger partial charge is 0.204 e. The summed E-state index contributed by atoms with van der Waals surface area (Å²) in [6, 6.07) is 6.93. The molecular weight excluding hydrogens is 426 g/mol. The Bertz CT molecular complexity index is 1040. The van der Waals surface area contributed by atoms with Gasteiger partial charge in [0.25, 0.3) is 0 Å². The van der Waals surface area contributed by atoms with Crippen LogP contribution in [0.1, 0.15) is 13.8 Å². The minimum atomic E-state index is -0.161. The number of fused-ring (bicyclic) bond motifs is 2. The predicted octanol–water partition coefficient (Wildman–Crippen LogP) is 4.45. The van der Waals surface area contributed by atoms with E-state index in [2.05, 4.69) is 34.7 Å². The Morgan fingerprint density at radius 1 is 1.07 bits per heavy atom. The number of hydrogen-bond acceptors (Lipinski definition) is 6. The van der Waals surface area contributed by atoms with Gasteiger partial charge in [0.2, 0.25) is 5.43 Å². The minimum Gasteiger partial charge on any atom is -0.496 e. The Hall–Kier alpha value is -2.25. The number of ether oxygens (including phenoxy) is 3. The van der Waals surface area contributed by atoms with E-state index in [1.165, 1.54) is 7.11 Å². The third-order valence-electron chi connectivity index (χ3n) is 4.80. The maximum atomic E-state index is 13.1. The molecule has 0 aliphatic carbocycles. The molecule has 1 heterocycles. The summed E-state index contributed by atoms with van der Waals surface area (Å²) in [7, 11) is 3.06. The van der Waals surface area contributed by atoms with E-state index in [0.29, 0.717) is 50.3 Å². The first kappa shape index (κ1) is 20.5. The zero-order valence-electron chi connectivity index (χ0n) is 16.5. The van der Waals surface area contributed by atoms with Crippen molar-refractivity contribution in [3.05, 3.63) is 39.0 Å². The molecule has 7 heteroatoms. The maximum Gasteiger partial charge on any atom is 0.204 e. The van der Waals surface area contributed by atoms with E-state index in [4.69, 9.17) is 18.6 Å². The van der Waals surface area contributed by atoms with Gasteiger partial charge in [0, 0.05) is 18.7 Å². The summed E-state index contributed by atoms with van der Waals surface area (Å²) < 4.78 is 23.2. The summed E-state index contributed by atoms with van der Waals surface area (Å²) in [4.78, 5) is 15.3. The van der Waals surface area contributed by atoms with Gasteiger partial charge in [-0.05, 0) is 41.2 Å². The molecule has 150 valence electrons. The molecule has 1 aromatic heterocycles. The largest absolute Gasteiger partial charge is 0.496 e. The lowest BCUT2D eigenvalue weighted by atomic mass is 10.1. The van der Waals surface area contributed by atoms with E-state index in [-0.39, 0.29) is 5.43 Å². The van der Waals surface area contributed by atoms with Gasteiger partial charge in [-0.15, -0.1) is 0 Å². The average Bonchev–Trinajstić information content (AvgIpc) is 2.72. The summed E-state index contributed by atoms with van der Waals surface area (Å²) >= 11 is 3.47. The van der Waals surface area contributed by atoms with Crippen LogP contribution in [0.4, 0.5) is 0 Å². The molecule has 0 saturated carbocycles. The molecule has 0 aliphatic heterocycles. The van der Waals surface area contributed by atoms with E-state index in [0.717, 1.165) is 19.6 Å². The number of nitrogens with zero attached hydrogens (tertiary/aromatic N) is 1. The first-order valence-electron chi connectivity index (χ1n) is 9.20. The third-order valence-corrected chi connectivity index (χ3v) is 5.55. The molecule has 0 saturated heterocycles. The summed E-state index contributed by atoms with van der Waals surface area (Å²) in [5.41, 5.74) is 0.675. The lowest BCUT2D eigenvalue weighted by molar-refractivity contribution is 0.223. The lowest BCUT2D eigenvalue weighted by Gasteiger charge is -2.18. The molecule has 0 amide bonds. The van der Waals surface area contributed by atoms with Crippen LogP contribution in [0.3, 0.4) is 0 Å². The van der Waals surface area contributed by atoms with Crippen LogP contribution in [0.5, 0.6) is 17.2 Å². The molecule has 0 aliphatic rings. The molecule has 28 heavy (non-hydrogen) atoms. The van der Waals surface area contributed by atoms with Crippen LogP contribution in [-0.4, -0.2) is 45.4 Å². The van der Waals surface area contributed by atoms with Gasteiger partial charge in [0.1, 0.15) is 39.3 Å². The van der Waals surface area contributed by atoms with Gasteiger partial charge in [-0.1, -0.05) is 13.8 Å². The molecule has 0 N–H and O–H groups in total. The van der Waals surface area contributed by atoms with Crippen LogP contribution >= 0.6 is 15.9 Å². The topological polar surface area (TPSA) is 61.1 Å². The molecule has 0 atom stereocenters. The number of likely N-dealkylation sites (N-methyl/N-ethyl adjacent to an activating group) is 1. The van der Waals surface area contributed by atoms with Crippen molar-refractivity contribution in [1.29, 1.82) is 0 Å². The second kappa shape index (κ2) is 8.84. The van der Waals surface area contributed by atoms with Crippen molar-refractivity contribution in [2.45, 2.75) is 13.8 Å². The molecule has 2 aromatic carbocycles. The minimum absolute atomic E-state index is 0.161. The van der Waals surface area contributed by atoms with Gasteiger partial charge >= 0.3 is 0 Å². The van der Waals surface area contributed by atoms with E-state index >= 15 is 0 Å². The highest BCUT2D eigenvalue weighted by atomic mass is 79.9. The first-order valence-corrected chi connectivity index (χ1v) is 9.99. The Morgan fingerprint density at radius 3 is 2.43 bits per heavy atom. The standard InChI is InChI=1S/C21H24BrNO5/c1-5-23(6-2)9-10-27-13-7-8-14-15(11-13)28-21-18(20(14)24)16(25-3)12-17(26-4)19(21)22/h7-8,11-12H,5-6,9-10H2,1-4H3. The zero-order chi connectivity index (χ0) is 20.3. The monoisotopic (exact) mass is 449 g/mol. The number of halogens is 1. The van der Waals surface area contributed by atoms with Crippen LogP contribution in [0, 0.1) is 0 Å². The van der Waals surface area contributed by atoms with Crippen molar-refractivity contribution in [3.63, 3.8) is 0 Å². The van der Waals surface area contributed by atoms with Gasteiger partial charge in [0.05, 0.1) is 19.6 Å². The van der Waals surface area contributed by atoms with Crippen molar-refractivity contribution in [3.8, 4) is 17.2 Å². The van der Waals surface area contributed by atoms with Gasteiger partial charge in [-0.3, -0.25) is 4.79 Å². The fourth-order valence-electron chi connectivity index (χ4n) is 3.15. The Kier molecular flexibility index (Phi) is 6.46. The molecule has 0 radical (unpaired) electrons. The third kappa shape index (κ3) is 3.82. The summed E-state index contributed by atoms with van der Waals surface area (Å²) in [5.74, 6) is 1.59. The summed E-state index contributed by atoms with van der Waals surface area (Å²) in [6.45, 7) is 7.62. The van der Waals surface area contributed by atoms with E-state index in [9.17, 15) is 4.79 Å². The molecule has 3 rings (SSSR count). The normalized spacial score (nSPS) is 11.4.